The Hall–Kier alpha value is -1.88. The Balaban J connectivity index is 2.23. The van der Waals surface area contributed by atoms with E-state index in [1.165, 1.54) is 0 Å². The van der Waals surface area contributed by atoms with Crippen molar-refractivity contribution in [3.63, 3.8) is 0 Å². The molecule has 0 aliphatic carbocycles. The van der Waals surface area contributed by atoms with Crippen molar-refractivity contribution < 1.29 is 4.74 Å². The predicted molar refractivity (Wildman–Crippen MR) is 70.1 cm³/mol. The van der Waals surface area contributed by atoms with Gasteiger partial charge in [-0.15, -0.1) is 0 Å². The lowest BCUT2D eigenvalue weighted by molar-refractivity contribution is 0.415. The molecule has 0 spiro atoms. The van der Waals surface area contributed by atoms with E-state index in [9.17, 15) is 0 Å². The van der Waals surface area contributed by atoms with Gasteiger partial charge in [0, 0.05) is 5.56 Å². The average molecular weight is 246 g/mol. The Morgan fingerprint density at radius 1 is 1.22 bits per heavy atom. The third kappa shape index (κ3) is 2.51. The molecule has 1 aromatic heterocycles. The summed E-state index contributed by atoms with van der Waals surface area (Å²) in [5.74, 6) is 2.51. The highest BCUT2D eigenvalue weighted by molar-refractivity contribution is 5.55. The number of methoxy groups -OCH3 is 1. The van der Waals surface area contributed by atoms with Crippen LogP contribution in [0.1, 0.15) is 25.7 Å². The van der Waals surface area contributed by atoms with Crippen LogP contribution in [0.2, 0.25) is 0 Å². The minimum absolute atomic E-state index is 0.121. The highest BCUT2D eigenvalue weighted by Crippen LogP contribution is 2.21. The second-order valence-electron chi connectivity index (χ2n) is 4.54. The Morgan fingerprint density at radius 3 is 2.44 bits per heavy atom. The van der Waals surface area contributed by atoms with Gasteiger partial charge in [-0.25, -0.2) is 4.98 Å². The summed E-state index contributed by atoms with van der Waals surface area (Å²) in [7, 11) is 1.64. The third-order valence-corrected chi connectivity index (χ3v) is 2.88. The summed E-state index contributed by atoms with van der Waals surface area (Å²) in [6.45, 7) is 4.11. The number of nitrogens with one attached hydrogen (secondary N) is 1. The van der Waals surface area contributed by atoms with Crippen LogP contribution in [0.4, 0.5) is 0 Å². The molecule has 0 amide bonds. The first-order valence-corrected chi connectivity index (χ1v) is 5.94. The van der Waals surface area contributed by atoms with Crippen molar-refractivity contribution in [3.05, 3.63) is 30.1 Å². The van der Waals surface area contributed by atoms with Gasteiger partial charge in [-0.05, 0) is 30.2 Å². The zero-order chi connectivity index (χ0) is 13.1. The third-order valence-electron chi connectivity index (χ3n) is 2.88. The molecule has 0 bridgehead atoms. The molecule has 18 heavy (non-hydrogen) atoms. The lowest BCUT2D eigenvalue weighted by Crippen LogP contribution is -2.18. The highest BCUT2D eigenvalue weighted by atomic mass is 16.5. The molecule has 2 aromatic rings. The lowest BCUT2D eigenvalue weighted by atomic mass is 10.1. The van der Waals surface area contributed by atoms with Gasteiger partial charge in [-0.1, -0.05) is 13.8 Å². The molecule has 0 saturated heterocycles. The van der Waals surface area contributed by atoms with Crippen LogP contribution >= 0.6 is 0 Å². The van der Waals surface area contributed by atoms with E-state index in [1.807, 2.05) is 24.3 Å². The number of H-pyrrole nitrogens is 1. The van der Waals surface area contributed by atoms with Crippen LogP contribution in [0.5, 0.6) is 5.75 Å². The standard InChI is InChI=1S/C13H18N4O/c1-8(2)11(14)13-15-12(16-17-13)9-4-6-10(18-3)7-5-9/h4-8,11H,14H2,1-3H3,(H,15,16,17). The van der Waals surface area contributed by atoms with Crippen molar-refractivity contribution in [1.82, 2.24) is 15.2 Å². The van der Waals surface area contributed by atoms with Gasteiger partial charge in [-0.3, -0.25) is 5.10 Å². The van der Waals surface area contributed by atoms with Gasteiger partial charge >= 0.3 is 0 Å². The summed E-state index contributed by atoms with van der Waals surface area (Å²) in [5, 5.41) is 7.09. The molecular weight excluding hydrogens is 228 g/mol. The van der Waals surface area contributed by atoms with Gasteiger partial charge in [0.1, 0.15) is 11.6 Å². The normalized spacial score (nSPS) is 12.7. The number of nitrogens with two attached hydrogens (primary N) is 1. The molecule has 0 saturated carbocycles. The van der Waals surface area contributed by atoms with E-state index >= 15 is 0 Å². The molecule has 3 N–H and O–H groups in total. The number of hydrogen-bond acceptors (Lipinski definition) is 4. The summed E-state index contributed by atoms with van der Waals surface area (Å²) in [5.41, 5.74) is 6.96. The van der Waals surface area contributed by atoms with Crippen LogP contribution in [0.3, 0.4) is 0 Å². The monoisotopic (exact) mass is 246 g/mol. The molecule has 96 valence electrons. The SMILES string of the molecule is COc1ccc(-c2n[nH]c(C(N)C(C)C)n2)cc1. The molecule has 1 unspecified atom stereocenters. The van der Waals surface area contributed by atoms with Gasteiger partial charge in [-0.2, -0.15) is 5.10 Å². The van der Waals surface area contributed by atoms with E-state index in [2.05, 4.69) is 29.0 Å². The van der Waals surface area contributed by atoms with E-state index in [4.69, 9.17) is 10.5 Å². The fourth-order valence-electron chi connectivity index (χ4n) is 1.61. The lowest BCUT2D eigenvalue weighted by Gasteiger charge is -2.11. The summed E-state index contributed by atoms with van der Waals surface area (Å²) in [4.78, 5) is 4.42. The smallest absolute Gasteiger partial charge is 0.181 e. The topological polar surface area (TPSA) is 76.8 Å². The van der Waals surface area contributed by atoms with E-state index in [1.54, 1.807) is 7.11 Å². The maximum atomic E-state index is 6.02. The first kappa shape index (κ1) is 12.6. The molecular formula is C13H18N4O. The van der Waals surface area contributed by atoms with Crippen LogP contribution in [0.15, 0.2) is 24.3 Å². The number of nitrogens with zero attached hydrogens (tertiary/aromatic N) is 2. The van der Waals surface area contributed by atoms with Crippen molar-refractivity contribution >= 4 is 0 Å². The van der Waals surface area contributed by atoms with Crippen molar-refractivity contribution in [1.29, 1.82) is 0 Å². The molecule has 5 nitrogen and oxygen atoms in total. The van der Waals surface area contributed by atoms with Gasteiger partial charge in [0.25, 0.3) is 0 Å². The number of aromatic nitrogens is 3. The highest BCUT2D eigenvalue weighted by Gasteiger charge is 2.15. The molecule has 1 aromatic carbocycles. The Bertz CT molecular complexity index is 504. The van der Waals surface area contributed by atoms with Crippen molar-refractivity contribution in [2.75, 3.05) is 7.11 Å². The van der Waals surface area contributed by atoms with E-state index in [0.29, 0.717) is 11.7 Å². The van der Waals surface area contributed by atoms with Crippen LogP contribution in [-0.2, 0) is 0 Å². The van der Waals surface area contributed by atoms with Crippen LogP contribution < -0.4 is 10.5 Å². The van der Waals surface area contributed by atoms with Gasteiger partial charge < -0.3 is 10.5 Å². The number of ether oxygens (including phenoxy) is 1. The van der Waals surface area contributed by atoms with Crippen molar-refractivity contribution in [2.45, 2.75) is 19.9 Å². The molecule has 0 fully saturated rings. The summed E-state index contributed by atoms with van der Waals surface area (Å²) in [6.07, 6.45) is 0. The second kappa shape index (κ2) is 5.18. The van der Waals surface area contributed by atoms with Crippen LogP contribution in [-0.4, -0.2) is 22.3 Å². The van der Waals surface area contributed by atoms with E-state index in [-0.39, 0.29) is 6.04 Å². The van der Waals surface area contributed by atoms with E-state index in [0.717, 1.165) is 17.1 Å². The number of aromatic amines is 1. The minimum Gasteiger partial charge on any atom is -0.497 e. The zero-order valence-electron chi connectivity index (χ0n) is 10.8. The van der Waals surface area contributed by atoms with E-state index < -0.39 is 0 Å². The van der Waals surface area contributed by atoms with Crippen LogP contribution in [0, 0.1) is 5.92 Å². The number of hydrogen-bond donors (Lipinski definition) is 2. The maximum Gasteiger partial charge on any atom is 0.181 e. The number of rotatable bonds is 4. The average Bonchev–Trinajstić information content (AvgIpc) is 2.87. The summed E-state index contributed by atoms with van der Waals surface area (Å²) < 4.78 is 5.11. The minimum atomic E-state index is -0.121. The first-order chi connectivity index (χ1) is 8.61. The molecule has 2 rings (SSSR count). The van der Waals surface area contributed by atoms with Crippen molar-refractivity contribution in [3.8, 4) is 17.1 Å². The first-order valence-electron chi connectivity index (χ1n) is 5.94. The quantitative estimate of drug-likeness (QED) is 0.866. The molecule has 1 heterocycles. The van der Waals surface area contributed by atoms with Crippen LogP contribution in [0.25, 0.3) is 11.4 Å². The van der Waals surface area contributed by atoms with Crippen molar-refractivity contribution in [2.24, 2.45) is 11.7 Å². The fourth-order valence-corrected chi connectivity index (χ4v) is 1.61. The Kier molecular flexibility index (Phi) is 3.62. The zero-order valence-corrected chi connectivity index (χ0v) is 10.8. The van der Waals surface area contributed by atoms with Gasteiger partial charge in [0.15, 0.2) is 5.82 Å². The molecule has 1 atom stereocenters. The Morgan fingerprint density at radius 2 is 1.89 bits per heavy atom. The summed E-state index contributed by atoms with van der Waals surface area (Å²) >= 11 is 0. The maximum absolute atomic E-state index is 6.02. The Labute approximate surface area is 106 Å². The largest absolute Gasteiger partial charge is 0.497 e. The van der Waals surface area contributed by atoms with Gasteiger partial charge in [0.2, 0.25) is 0 Å². The molecule has 5 heteroatoms. The fraction of sp³-hybridized carbons (Fsp3) is 0.385. The summed E-state index contributed by atoms with van der Waals surface area (Å²) in [6, 6.07) is 7.49. The molecule has 0 aliphatic rings. The molecule has 0 aliphatic heterocycles. The predicted octanol–water partition coefficient (Wildman–Crippen LogP) is 2.14. The number of benzene rings is 1. The second-order valence-corrected chi connectivity index (χ2v) is 4.54. The van der Waals surface area contributed by atoms with Gasteiger partial charge in [0.05, 0.1) is 13.2 Å². The molecule has 0 radical (unpaired) electrons.